The molecule has 0 fully saturated rings. The number of fused-ring (bicyclic) bond motifs is 1. The first-order chi connectivity index (χ1) is 14.2. The first-order valence-electron chi connectivity index (χ1n) is 9.01. The lowest BCUT2D eigenvalue weighted by Crippen LogP contribution is -2.10. The van der Waals surface area contributed by atoms with Crippen molar-refractivity contribution in [2.45, 2.75) is 6.42 Å². The highest BCUT2D eigenvalue weighted by molar-refractivity contribution is 5.87. The molecule has 0 atom stereocenters. The number of ether oxygens (including phenoxy) is 2. The Balaban J connectivity index is 1.44. The van der Waals surface area contributed by atoms with Gasteiger partial charge in [-0.05, 0) is 47.5 Å². The summed E-state index contributed by atoms with van der Waals surface area (Å²) in [5, 5.41) is 9.74. The molecule has 1 heterocycles. The zero-order chi connectivity index (χ0) is 20.2. The Labute approximate surface area is 167 Å². The molecule has 1 aromatic heterocycles. The summed E-state index contributed by atoms with van der Waals surface area (Å²) in [5.41, 5.74) is 4.01. The maximum Gasteiger partial charge on any atom is 0.315 e. The molecule has 4 rings (SSSR count). The second-order valence-electron chi connectivity index (χ2n) is 6.49. The summed E-state index contributed by atoms with van der Waals surface area (Å²) < 4.78 is 16.2. The van der Waals surface area contributed by atoms with Gasteiger partial charge >= 0.3 is 5.97 Å². The van der Waals surface area contributed by atoms with Crippen LogP contribution in [0, 0.1) is 11.3 Å². The number of hydrogen-bond acceptors (Lipinski definition) is 5. The van der Waals surface area contributed by atoms with Gasteiger partial charge in [-0.15, -0.1) is 0 Å². The fourth-order valence-electron chi connectivity index (χ4n) is 3.10. The van der Waals surface area contributed by atoms with Crippen LogP contribution in [0.4, 0.5) is 0 Å². The number of nitrogens with zero attached hydrogens (tertiary/aromatic N) is 1. The third-order valence-electron chi connectivity index (χ3n) is 4.63. The van der Waals surface area contributed by atoms with Crippen LogP contribution in [0.1, 0.15) is 11.1 Å². The number of methoxy groups -OCH3 is 1. The van der Waals surface area contributed by atoms with Crippen LogP contribution in [-0.4, -0.2) is 13.1 Å². The third kappa shape index (κ3) is 3.97. The van der Waals surface area contributed by atoms with E-state index in [0.717, 1.165) is 22.1 Å². The molecule has 0 saturated carbocycles. The predicted octanol–water partition coefficient (Wildman–Crippen LogP) is 5.13. The van der Waals surface area contributed by atoms with Gasteiger partial charge in [0.25, 0.3) is 0 Å². The molecule has 0 bridgehead atoms. The lowest BCUT2D eigenvalue weighted by Gasteiger charge is -2.06. The van der Waals surface area contributed by atoms with Gasteiger partial charge in [0.2, 0.25) is 0 Å². The molecule has 5 heteroatoms. The zero-order valence-electron chi connectivity index (χ0n) is 15.7. The Morgan fingerprint density at radius 3 is 2.28 bits per heavy atom. The fourth-order valence-corrected chi connectivity index (χ4v) is 3.10. The molecule has 0 amide bonds. The highest BCUT2D eigenvalue weighted by Gasteiger charge is 2.13. The molecule has 3 aromatic carbocycles. The molecule has 0 aliphatic heterocycles. The van der Waals surface area contributed by atoms with Crippen LogP contribution < -0.4 is 9.47 Å². The van der Waals surface area contributed by atoms with Crippen LogP contribution in [0.5, 0.6) is 11.5 Å². The van der Waals surface area contributed by atoms with Crippen molar-refractivity contribution in [3.8, 4) is 28.7 Å². The Morgan fingerprint density at radius 2 is 1.62 bits per heavy atom. The molecule has 0 N–H and O–H groups in total. The predicted molar refractivity (Wildman–Crippen MR) is 109 cm³/mol. The van der Waals surface area contributed by atoms with E-state index >= 15 is 0 Å². The van der Waals surface area contributed by atoms with Crippen molar-refractivity contribution in [2.75, 3.05) is 7.11 Å². The third-order valence-corrected chi connectivity index (χ3v) is 4.63. The van der Waals surface area contributed by atoms with Crippen molar-refractivity contribution in [3.05, 3.63) is 84.1 Å². The van der Waals surface area contributed by atoms with Gasteiger partial charge in [-0.3, -0.25) is 4.79 Å². The van der Waals surface area contributed by atoms with Crippen LogP contribution >= 0.6 is 0 Å². The summed E-state index contributed by atoms with van der Waals surface area (Å²) in [6, 6.07) is 22.2. The molecule has 0 aliphatic rings. The standard InChI is InChI=1S/C24H17NO4/c1-27-21-10-11-22-19(15-28-23(22)13-21)12-24(26)29-20-8-6-18(7-9-20)17-4-2-16(14-25)3-5-17/h2-11,13,15H,12H2,1H3. The van der Waals surface area contributed by atoms with Crippen molar-refractivity contribution in [1.82, 2.24) is 0 Å². The number of nitriles is 1. The van der Waals surface area contributed by atoms with Crippen LogP contribution in [0.2, 0.25) is 0 Å². The summed E-state index contributed by atoms with van der Waals surface area (Å²) in [4.78, 5) is 12.4. The lowest BCUT2D eigenvalue weighted by atomic mass is 10.0. The molecule has 5 nitrogen and oxygen atoms in total. The van der Waals surface area contributed by atoms with E-state index in [9.17, 15) is 4.79 Å². The smallest absolute Gasteiger partial charge is 0.315 e. The number of carbonyl (C=O) groups excluding carboxylic acids is 1. The van der Waals surface area contributed by atoms with Gasteiger partial charge in [0, 0.05) is 17.0 Å². The lowest BCUT2D eigenvalue weighted by molar-refractivity contribution is -0.133. The highest BCUT2D eigenvalue weighted by atomic mass is 16.5. The number of benzene rings is 3. The summed E-state index contributed by atoms with van der Waals surface area (Å²) in [6.45, 7) is 0. The zero-order valence-corrected chi connectivity index (χ0v) is 15.7. The maximum absolute atomic E-state index is 12.4. The van der Waals surface area contributed by atoms with Crippen LogP contribution in [0.3, 0.4) is 0 Å². The van der Waals surface area contributed by atoms with Gasteiger partial charge in [0.1, 0.15) is 17.1 Å². The number of esters is 1. The SMILES string of the molecule is COc1ccc2c(CC(=O)Oc3ccc(-c4ccc(C#N)cc4)cc3)coc2c1. The van der Waals surface area contributed by atoms with E-state index in [-0.39, 0.29) is 12.4 Å². The Kier molecular flexibility index (Phi) is 5.00. The average Bonchev–Trinajstić information content (AvgIpc) is 3.16. The van der Waals surface area contributed by atoms with E-state index in [1.165, 1.54) is 0 Å². The highest BCUT2D eigenvalue weighted by Crippen LogP contribution is 2.27. The number of carbonyl (C=O) groups is 1. The molecular weight excluding hydrogens is 366 g/mol. The molecule has 0 aliphatic carbocycles. The van der Waals surface area contributed by atoms with E-state index in [1.807, 2.05) is 36.4 Å². The maximum atomic E-state index is 12.4. The first-order valence-corrected chi connectivity index (χ1v) is 9.01. The Hall–Kier alpha value is -4.04. The first kappa shape index (κ1) is 18.3. The summed E-state index contributed by atoms with van der Waals surface area (Å²) in [7, 11) is 1.59. The van der Waals surface area contributed by atoms with Crippen LogP contribution in [0.15, 0.2) is 77.4 Å². The van der Waals surface area contributed by atoms with Gasteiger partial charge in [-0.25, -0.2) is 0 Å². The largest absolute Gasteiger partial charge is 0.497 e. The molecule has 4 aromatic rings. The molecule has 0 radical (unpaired) electrons. The van der Waals surface area contributed by atoms with E-state index in [4.69, 9.17) is 19.2 Å². The number of hydrogen-bond donors (Lipinski definition) is 0. The van der Waals surface area contributed by atoms with Gasteiger partial charge in [-0.2, -0.15) is 5.26 Å². The molecular formula is C24H17NO4. The molecule has 0 unspecified atom stereocenters. The van der Waals surface area contributed by atoms with Gasteiger partial charge < -0.3 is 13.9 Å². The minimum Gasteiger partial charge on any atom is -0.497 e. The van der Waals surface area contributed by atoms with Crippen LogP contribution in [0.25, 0.3) is 22.1 Å². The minimum absolute atomic E-state index is 0.108. The quantitative estimate of drug-likeness (QED) is 0.353. The molecule has 29 heavy (non-hydrogen) atoms. The van der Waals surface area contributed by atoms with Gasteiger partial charge in [0.05, 0.1) is 31.4 Å². The van der Waals surface area contributed by atoms with E-state index < -0.39 is 0 Å². The van der Waals surface area contributed by atoms with Gasteiger partial charge in [-0.1, -0.05) is 24.3 Å². The van der Waals surface area contributed by atoms with E-state index in [0.29, 0.717) is 22.6 Å². The second kappa shape index (κ2) is 7.91. The topological polar surface area (TPSA) is 72.5 Å². The fraction of sp³-hybridized carbons (Fsp3) is 0.0833. The van der Waals surface area contributed by atoms with Crippen molar-refractivity contribution < 1.29 is 18.7 Å². The number of rotatable bonds is 5. The Bertz CT molecular complexity index is 1200. The molecule has 142 valence electrons. The average molecular weight is 383 g/mol. The summed E-state index contributed by atoms with van der Waals surface area (Å²) >= 11 is 0. The minimum atomic E-state index is -0.366. The normalized spacial score (nSPS) is 10.5. The van der Waals surface area contributed by atoms with Gasteiger partial charge in [0.15, 0.2) is 0 Å². The number of furan rings is 1. The van der Waals surface area contributed by atoms with Crippen molar-refractivity contribution in [1.29, 1.82) is 5.26 Å². The van der Waals surface area contributed by atoms with Crippen LogP contribution in [-0.2, 0) is 11.2 Å². The van der Waals surface area contributed by atoms with E-state index in [1.54, 1.807) is 43.7 Å². The van der Waals surface area contributed by atoms with E-state index in [2.05, 4.69) is 6.07 Å². The molecule has 0 saturated heterocycles. The monoisotopic (exact) mass is 383 g/mol. The van der Waals surface area contributed by atoms with Crippen molar-refractivity contribution >= 4 is 16.9 Å². The second-order valence-corrected chi connectivity index (χ2v) is 6.49. The van der Waals surface area contributed by atoms with Crippen molar-refractivity contribution in [3.63, 3.8) is 0 Å². The summed E-state index contributed by atoms with van der Waals surface area (Å²) in [6.07, 6.45) is 1.68. The Morgan fingerprint density at radius 1 is 0.966 bits per heavy atom. The van der Waals surface area contributed by atoms with Crippen molar-refractivity contribution in [2.24, 2.45) is 0 Å². The summed E-state index contributed by atoms with van der Waals surface area (Å²) in [5.74, 6) is 0.805. The molecule has 0 spiro atoms.